The molecular formula is C33H64N2. The van der Waals surface area contributed by atoms with E-state index in [4.69, 9.17) is 0 Å². The molecule has 0 aliphatic heterocycles. The molecule has 0 heterocycles. The van der Waals surface area contributed by atoms with Gasteiger partial charge in [-0.2, -0.15) is 0 Å². The van der Waals surface area contributed by atoms with E-state index in [-0.39, 0.29) is 0 Å². The summed E-state index contributed by atoms with van der Waals surface area (Å²) in [5.41, 5.74) is 1.15. The Kier molecular flexibility index (Phi) is 13.8. The van der Waals surface area contributed by atoms with Gasteiger partial charge >= 0.3 is 0 Å². The van der Waals surface area contributed by atoms with Crippen molar-refractivity contribution in [3.05, 3.63) is 0 Å². The molecule has 0 N–H and O–H groups in total. The van der Waals surface area contributed by atoms with Gasteiger partial charge in [0.25, 0.3) is 0 Å². The molecule has 2 heteroatoms. The zero-order chi connectivity index (χ0) is 26.8. The smallest absolute Gasteiger partial charge is 0.0492 e. The van der Waals surface area contributed by atoms with Gasteiger partial charge in [0.2, 0.25) is 0 Å². The van der Waals surface area contributed by atoms with Crippen molar-refractivity contribution in [3.63, 3.8) is 0 Å². The summed E-state index contributed by atoms with van der Waals surface area (Å²) in [6, 6.07) is 0.601. The Balaban J connectivity index is 0.000000261. The highest BCUT2D eigenvalue weighted by atomic mass is 14.7. The monoisotopic (exact) mass is 489 g/mol. The highest BCUT2D eigenvalue weighted by Gasteiger charge is 2.54. The summed E-state index contributed by atoms with van der Waals surface area (Å²) in [5.74, 6) is 6.54. The fourth-order valence-corrected chi connectivity index (χ4v) is 7.37. The van der Waals surface area contributed by atoms with Gasteiger partial charge in [-0.15, -0.1) is 0 Å². The SMILES string of the molecule is C=NC1CCCCC1.CC.CC1CC2CC(C1C)C2(C)C.CN=CC1CC(C)CC(C(C)(C)C)C1. The average molecular weight is 489 g/mol. The molecule has 0 radical (unpaired) electrons. The Hall–Kier alpha value is -0.660. The fraction of sp³-hybridized carbons (Fsp3) is 0.939. The van der Waals surface area contributed by atoms with Crippen molar-refractivity contribution in [2.24, 2.45) is 62.2 Å². The Bertz CT molecular complexity index is 607. The van der Waals surface area contributed by atoms with Crippen LogP contribution in [0, 0.1) is 52.3 Å². The predicted octanol–water partition coefficient (Wildman–Crippen LogP) is 10.2. The van der Waals surface area contributed by atoms with Crippen LogP contribution in [0.1, 0.15) is 133 Å². The minimum atomic E-state index is 0.467. The van der Waals surface area contributed by atoms with Crippen molar-refractivity contribution in [1.29, 1.82) is 0 Å². The molecule has 35 heavy (non-hydrogen) atoms. The molecule has 5 aliphatic rings. The van der Waals surface area contributed by atoms with E-state index in [9.17, 15) is 0 Å². The standard InChI is InChI=1S/C13H25N.C11H20.C7H13N.C2H6/c1-10-6-11(9-14-5)8-12(7-10)13(2,3)4;1-7-5-9-6-10(8(7)2)11(9,3)4;1-8-7-5-3-2-4-6-7;1-2/h9-12H,6-8H2,1-5H3;7-10H,5-6H2,1-4H3;7H,1-6H2;1-2H3. The lowest BCUT2D eigenvalue weighted by atomic mass is 9.44. The van der Waals surface area contributed by atoms with Gasteiger partial charge in [-0.1, -0.05) is 88.5 Å². The largest absolute Gasteiger partial charge is 0.301 e. The van der Waals surface area contributed by atoms with Gasteiger partial charge in [0.15, 0.2) is 0 Å². The quantitative estimate of drug-likeness (QED) is 0.345. The molecule has 2 bridgehead atoms. The van der Waals surface area contributed by atoms with Gasteiger partial charge in [-0.3, -0.25) is 4.99 Å². The topological polar surface area (TPSA) is 24.7 Å². The van der Waals surface area contributed by atoms with Crippen LogP contribution >= 0.6 is 0 Å². The van der Waals surface area contributed by atoms with Crippen LogP contribution in [0.3, 0.4) is 0 Å². The number of rotatable bonds is 2. The van der Waals surface area contributed by atoms with E-state index in [0.717, 1.165) is 41.4 Å². The van der Waals surface area contributed by atoms with Gasteiger partial charge in [-0.25, -0.2) is 0 Å². The number of nitrogens with zero attached hydrogens (tertiary/aromatic N) is 2. The Labute approximate surface area is 221 Å². The van der Waals surface area contributed by atoms with Crippen LogP contribution in [-0.4, -0.2) is 26.0 Å². The Morgan fingerprint density at radius 1 is 0.857 bits per heavy atom. The van der Waals surface area contributed by atoms with Crippen LogP contribution in [0.25, 0.3) is 0 Å². The van der Waals surface area contributed by atoms with Crippen molar-refractivity contribution in [2.75, 3.05) is 7.05 Å². The summed E-state index contributed by atoms with van der Waals surface area (Å²) in [7, 11) is 1.89. The number of hydrogen-bond donors (Lipinski definition) is 0. The minimum Gasteiger partial charge on any atom is -0.301 e. The molecule has 0 amide bonds. The minimum absolute atomic E-state index is 0.467. The van der Waals surface area contributed by atoms with Gasteiger partial charge in [0.1, 0.15) is 0 Å². The second kappa shape index (κ2) is 14.9. The van der Waals surface area contributed by atoms with E-state index in [1.54, 1.807) is 0 Å². The van der Waals surface area contributed by atoms with Crippen molar-refractivity contribution in [3.8, 4) is 0 Å². The van der Waals surface area contributed by atoms with E-state index < -0.39 is 0 Å². The zero-order valence-electron chi connectivity index (χ0n) is 25.9. The zero-order valence-corrected chi connectivity index (χ0v) is 25.9. The molecule has 0 aromatic heterocycles. The summed E-state index contributed by atoms with van der Waals surface area (Å²) in [4.78, 5) is 8.18. The summed E-state index contributed by atoms with van der Waals surface area (Å²) in [6.45, 7) is 26.8. The molecule has 0 saturated heterocycles. The fourth-order valence-electron chi connectivity index (χ4n) is 7.37. The van der Waals surface area contributed by atoms with Crippen LogP contribution in [0.15, 0.2) is 9.98 Å². The second-order valence-corrected chi connectivity index (χ2v) is 13.9. The van der Waals surface area contributed by atoms with Crippen molar-refractivity contribution < 1.29 is 0 Å². The summed E-state index contributed by atoms with van der Waals surface area (Å²) >= 11 is 0. The number of hydrogen-bond acceptors (Lipinski definition) is 2. The first-order valence-corrected chi connectivity index (χ1v) is 15.3. The van der Waals surface area contributed by atoms with Crippen LogP contribution in [0.5, 0.6) is 0 Å². The van der Waals surface area contributed by atoms with E-state index in [1.165, 1.54) is 64.2 Å². The van der Waals surface area contributed by atoms with Gasteiger partial charge < -0.3 is 4.99 Å². The van der Waals surface area contributed by atoms with Gasteiger partial charge in [-0.05, 0) is 104 Å². The van der Waals surface area contributed by atoms with Gasteiger partial charge in [0, 0.05) is 19.3 Å². The van der Waals surface area contributed by atoms with E-state index in [1.807, 2.05) is 20.9 Å². The second-order valence-electron chi connectivity index (χ2n) is 13.9. The molecule has 7 unspecified atom stereocenters. The third kappa shape index (κ3) is 9.62. The van der Waals surface area contributed by atoms with Crippen molar-refractivity contribution in [1.82, 2.24) is 0 Å². The lowest BCUT2D eigenvalue weighted by molar-refractivity contribution is -0.124. The van der Waals surface area contributed by atoms with Crippen molar-refractivity contribution >= 4 is 12.9 Å². The average Bonchev–Trinajstić information content (AvgIpc) is 2.82. The maximum atomic E-state index is 4.19. The molecule has 7 atom stereocenters. The highest BCUT2D eigenvalue weighted by molar-refractivity contribution is 5.60. The molecule has 5 aliphatic carbocycles. The molecule has 5 fully saturated rings. The lowest BCUT2D eigenvalue weighted by Crippen LogP contribution is -2.54. The first-order chi connectivity index (χ1) is 16.4. The van der Waals surface area contributed by atoms with E-state index in [0.29, 0.717) is 16.9 Å². The molecule has 0 spiro atoms. The molecule has 5 rings (SSSR count). The number of fused-ring (bicyclic) bond motifs is 2. The summed E-state index contributed by atoms with van der Waals surface area (Å²) < 4.78 is 0. The maximum Gasteiger partial charge on any atom is 0.0492 e. The third-order valence-corrected chi connectivity index (χ3v) is 10.1. The molecule has 206 valence electrons. The summed E-state index contributed by atoms with van der Waals surface area (Å²) in [6.07, 6.45) is 16.0. The van der Waals surface area contributed by atoms with Crippen LogP contribution in [0.4, 0.5) is 0 Å². The van der Waals surface area contributed by atoms with E-state index in [2.05, 4.69) is 78.3 Å². The third-order valence-electron chi connectivity index (χ3n) is 10.1. The van der Waals surface area contributed by atoms with Crippen LogP contribution in [-0.2, 0) is 0 Å². The molecule has 0 aromatic rings. The lowest BCUT2D eigenvalue weighted by Gasteiger charge is -2.61. The normalized spacial score (nSPS) is 36.3. The highest BCUT2D eigenvalue weighted by Crippen LogP contribution is 2.62. The molecule has 5 saturated carbocycles. The molecule has 0 aromatic carbocycles. The Morgan fingerprint density at radius 3 is 1.86 bits per heavy atom. The van der Waals surface area contributed by atoms with Gasteiger partial charge in [0.05, 0.1) is 0 Å². The van der Waals surface area contributed by atoms with E-state index >= 15 is 0 Å². The molecule has 2 nitrogen and oxygen atoms in total. The first kappa shape index (κ1) is 32.4. The first-order valence-electron chi connectivity index (χ1n) is 15.3. The van der Waals surface area contributed by atoms with Crippen molar-refractivity contribution in [2.45, 2.75) is 139 Å². The maximum absolute atomic E-state index is 4.19. The summed E-state index contributed by atoms with van der Waals surface area (Å²) in [5, 5.41) is 0. The molecular weight excluding hydrogens is 424 g/mol. The number of aliphatic imine (C=N–C) groups is 2. The Morgan fingerprint density at radius 2 is 1.46 bits per heavy atom. The van der Waals surface area contributed by atoms with Crippen LogP contribution in [0.2, 0.25) is 0 Å². The van der Waals surface area contributed by atoms with Crippen LogP contribution < -0.4 is 0 Å². The predicted molar refractivity (Wildman–Crippen MR) is 160 cm³/mol.